The average Bonchev–Trinajstić information content (AvgIpc) is 3.21. The first kappa shape index (κ1) is 22.8. The first-order valence-corrected chi connectivity index (χ1v) is 11.6. The Balaban J connectivity index is 1.28. The van der Waals surface area contributed by atoms with Gasteiger partial charge in [-0.25, -0.2) is 0 Å². The normalized spacial score (nSPS) is 19.0. The standard InChI is InChI=1S/C26H32N4O3/c1-18-4-8-23(9-5-18)30-17-20(16-24(30)31)26(33)29-14-12-19(13-15-29)25(32)27-21-6-10-22(11-7-21)28(2)3/h4-11,19-20H,12-17H2,1-3H3,(H,27,32). The topological polar surface area (TPSA) is 73.0 Å². The smallest absolute Gasteiger partial charge is 0.228 e. The lowest BCUT2D eigenvalue weighted by molar-refractivity contribution is -0.138. The number of anilines is 3. The van der Waals surface area contributed by atoms with Gasteiger partial charge in [-0.2, -0.15) is 0 Å². The Morgan fingerprint density at radius 3 is 2.18 bits per heavy atom. The zero-order valence-electron chi connectivity index (χ0n) is 19.6. The van der Waals surface area contributed by atoms with Gasteiger partial charge in [0.15, 0.2) is 0 Å². The molecule has 174 valence electrons. The Morgan fingerprint density at radius 2 is 1.58 bits per heavy atom. The summed E-state index contributed by atoms with van der Waals surface area (Å²) in [5.41, 5.74) is 3.83. The third kappa shape index (κ3) is 5.18. The predicted octanol–water partition coefficient (Wildman–Crippen LogP) is 3.29. The molecular formula is C26H32N4O3. The Morgan fingerprint density at radius 1 is 0.939 bits per heavy atom. The van der Waals surface area contributed by atoms with Gasteiger partial charge in [-0.3, -0.25) is 14.4 Å². The van der Waals surface area contributed by atoms with Gasteiger partial charge in [0.2, 0.25) is 17.7 Å². The third-order valence-electron chi connectivity index (χ3n) is 6.65. The van der Waals surface area contributed by atoms with E-state index in [2.05, 4.69) is 5.32 Å². The summed E-state index contributed by atoms with van der Waals surface area (Å²) in [5.74, 6) is -0.416. The van der Waals surface area contributed by atoms with Crippen molar-refractivity contribution in [3.8, 4) is 0 Å². The molecule has 2 heterocycles. The molecule has 33 heavy (non-hydrogen) atoms. The molecule has 0 aliphatic carbocycles. The average molecular weight is 449 g/mol. The predicted molar refractivity (Wildman–Crippen MR) is 130 cm³/mol. The fourth-order valence-electron chi connectivity index (χ4n) is 4.55. The SMILES string of the molecule is Cc1ccc(N2CC(C(=O)N3CCC(C(=O)Nc4ccc(N(C)C)cc4)CC3)CC2=O)cc1. The molecule has 2 saturated heterocycles. The lowest BCUT2D eigenvalue weighted by atomic mass is 9.94. The Kier molecular flexibility index (Phi) is 6.67. The second-order valence-corrected chi connectivity index (χ2v) is 9.27. The maximum absolute atomic E-state index is 13.1. The van der Waals surface area contributed by atoms with Gasteiger partial charge in [-0.15, -0.1) is 0 Å². The summed E-state index contributed by atoms with van der Waals surface area (Å²) < 4.78 is 0. The van der Waals surface area contributed by atoms with Gasteiger partial charge in [-0.05, 0) is 56.2 Å². The molecular weight excluding hydrogens is 416 g/mol. The minimum absolute atomic E-state index is 0.00120. The van der Waals surface area contributed by atoms with Gasteiger partial charge in [0.05, 0.1) is 5.92 Å². The van der Waals surface area contributed by atoms with Crippen molar-refractivity contribution in [2.45, 2.75) is 26.2 Å². The van der Waals surface area contributed by atoms with Crippen molar-refractivity contribution in [1.29, 1.82) is 0 Å². The summed E-state index contributed by atoms with van der Waals surface area (Å²) >= 11 is 0. The molecule has 7 heteroatoms. The molecule has 0 spiro atoms. The van der Waals surface area contributed by atoms with E-state index in [1.165, 1.54) is 0 Å². The molecule has 2 aliphatic heterocycles. The fourth-order valence-corrected chi connectivity index (χ4v) is 4.55. The lowest BCUT2D eigenvalue weighted by Crippen LogP contribution is -2.44. The van der Waals surface area contributed by atoms with Gasteiger partial charge in [-0.1, -0.05) is 17.7 Å². The van der Waals surface area contributed by atoms with E-state index in [4.69, 9.17) is 0 Å². The highest BCUT2D eigenvalue weighted by Gasteiger charge is 2.38. The molecule has 0 saturated carbocycles. The number of benzene rings is 2. The number of carbonyl (C=O) groups excluding carboxylic acids is 3. The number of hydrogen-bond donors (Lipinski definition) is 1. The van der Waals surface area contributed by atoms with Crippen LogP contribution in [0.25, 0.3) is 0 Å². The zero-order chi connectivity index (χ0) is 23.5. The highest BCUT2D eigenvalue weighted by atomic mass is 16.2. The third-order valence-corrected chi connectivity index (χ3v) is 6.65. The van der Waals surface area contributed by atoms with Gasteiger partial charge in [0, 0.05) is 63.1 Å². The maximum Gasteiger partial charge on any atom is 0.228 e. The summed E-state index contributed by atoms with van der Waals surface area (Å²) in [6.07, 6.45) is 1.52. The molecule has 2 fully saturated rings. The van der Waals surface area contributed by atoms with Crippen LogP contribution in [0.2, 0.25) is 0 Å². The number of nitrogens with one attached hydrogen (secondary N) is 1. The molecule has 0 radical (unpaired) electrons. The van der Waals surface area contributed by atoms with E-state index in [0.29, 0.717) is 32.5 Å². The fraction of sp³-hybridized carbons (Fsp3) is 0.423. The molecule has 1 unspecified atom stereocenters. The van der Waals surface area contributed by atoms with Crippen LogP contribution in [-0.4, -0.2) is 56.4 Å². The largest absolute Gasteiger partial charge is 0.378 e. The second-order valence-electron chi connectivity index (χ2n) is 9.27. The molecule has 4 rings (SSSR count). The molecule has 2 aromatic rings. The molecule has 2 aliphatic rings. The number of aryl methyl sites for hydroxylation is 1. The quantitative estimate of drug-likeness (QED) is 0.762. The Bertz CT molecular complexity index is 1010. The number of amides is 3. The molecule has 1 N–H and O–H groups in total. The van der Waals surface area contributed by atoms with Crippen LogP contribution in [0.1, 0.15) is 24.8 Å². The summed E-state index contributed by atoms with van der Waals surface area (Å²) in [7, 11) is 3.95. The number of likely N-dealkylation sites (tertiary alicyclic amines) is 1. The minimum atomic E-state index is -0.320. The van der Waals surface area contributed by atoms with E-state index in [-0.39, 0.29) is 36.0 Å². The molecule has 7 nitrogen and oxygen atoms in total. The van der Waals surface area contributed by atoms with E-state index in [0.717, 1.165) is 22.6 Å². The summed E-state index contributed by atoms with van der Waals surface area (Å²) in [6.45, 7) is 3.52. The van der Waals surface area contributed by atoms with E-state index in [9.17, 15) is 14.4 Å². The van der Waals surface area contributed by atoms with E-state index in [1.807, 2.05) is 79.3 Å². The van der Waals surface area contributed by atoms with E-state index >= 15 is 0 Å². The van der Waals surface area contributed by atoms with Crippen LogP contribution in [0.4, 0.5) is 17.1 Å². The monoisotopic (exact) mass is 448 g/mol. The summed E-state index contributed by atoms with van der Waals surface area (Å²) in [6, 6.07) is 15.6. The van der Waals surface area contributed by atoms with Gasteiger partial charge >= 0.3 is 0 Å². The van der Waals surface area contributed by atoms with Crippen LogP contribution in [-0.2, 0) is 14.4 Å². The van der Waals surface area contributed by atoms with Crippen molar-refractivity contribution >= 4 is 34.8 Å². The number of carbonyl (C=O) groups is 3. The van der Waals surface area contributed by atoms with Crippen molar-refractivity contribution in [2.75, 3.05) is 48.8 Å². The summed E-state index contributed by atoms with van der Waals surface area (Å²) in [4.78, 5) is 43.9. The highest BCUT2D eigenvalue weighted by molar-refractivity contribution is 6.00. The van der Waals surface area contributed by atoms with Crippen LogP contribution in [0.15, 0.2) is 48.5 Å². The van der Waals surface area contributed by atoms with Crippen LogP contribution in [0.5, 0.6) is 0 Å². The summed E-state index contributed by atoms with van der Waals surface area (Å²) in [5, 5.41) is 3.00. The van der Waals surface area contributed by atoms with E-state index < -0.39 is 0 Å². The Labute approximate surface area is 195 Å². The van der Waals surface area contributed by atoms with Gasteiger partial charge < -0.3 is 20.0 Å². The number of nitrogens with zero attached hydrogens (tertiary/aromatic N) is 3. The van der Waals surface area contributed by atoms with Crippen molar-refractivity contribution in [2.24, 2.45) is 11.8 Å². The van der Waals surface area contributed by atoms with Gasteiger partial charge in [0.1, 0.15) is 0 Å². The Hall–Kier alpha value is -3.35. The van der Waals surface area contributed by atoms with Crippen molar-refractivity contribution < 1.29 is 14.4 Å². The van der Waals surface area contributed by atoms with Crippen molar-refractivity contribution in [3.05, 3.63) is 54.1 Å². The zero-order valence-corrected chi connectivity index (χ0v) is 19.6. The van der Waals surface area contributed by atoms with Crippen LogP contribution < -0.4 is 15.1 Å². The van der Waals surface area contributed by atoms with Crippen LogP contribution in [0, 0.1) is 18.8 Å². The number of rotatable bonds is 5. The van der Waals surface area contributed by atoms with E-state index in [1.54, 1.807) is 4.90 Å². The molecule has 2 aromatic carbocycles. The second kappa shape index (κ2) is 9.65. The lowest BCUT2D eigenvalue weighted by Gasteiger charge is -2.33. The van der Waals surface area contributed by atoms with Crippen LogP contribution in [0.3, 0.4) is 0 Å². The first-order valence-electron chi connectivity index (χ1n) is 11.6. The first-order chi connectivity index (χ1) is 15.8. The number of piperidine rings is 1. The molecule has 3 amide bonds. The molecule has 0 bridgehead atoms. The highest BCUT2D eigenvalue weighted by Crippen LogP contribution is 2.28. The minimum Gasteiger partial charge on any atom is -0.378 e. The molecule has 1 atom stereocenters. The number of hydrogen-bond acceptors (Lipinski definition) is 4. The maximum atomic E-state index is 13.1. The van der Waals surface area contributed by atoms with Crippen molar-refractivity contribution in [3.63, 3.8) is 0 Å². The van der Waals surface area contributed by atoms with Crippen molar-refractivity contribution in [1.82, 2.24) is 4.90 Å². The van der Waals surface area contributed by atoms with Gasteiger partial charge in [0.25, 0.3) is 0 Å². The van der Waals surface area contributed by atoms with Crippen LogP contribution >= 0.6 is 0 Å². The molecule has 0 aromatic heterocycles.